The van der Waals surface area contributed by atoms with E-state index in [1.54, 1.807) is 14.0 Å². The fourth-order valence-corrected chi connectivity index (χ4v) is 4.40. The van der Waals surface area contributed by atoms with Crippen molar-refractivity contribution in [2.45, 2.75) is 38.1 Å². The zero-order valence-corrected chi connectivity index (χ0v) is 19.8. The van der Waals surface area contributed by atoms with E-state index in [0.29, 0.717) is 23.2 Å². The van der Waals surface area contributed by atoms with Crippen molar-refractivity contribution in [2.75, 3.05) is 5.32 Å². The van der Waals surface area contributed by atoms with Crippen LogP contribution in [-0.4, -0.2) is 18.5 Å². The third-order valence-corrected chi connectivity index (χ3v) is 6.44. The van der Waals surface area contributed by atoms with Gasteiger partial charge >= 0.3 is 5.69 Å². The summed E-state index contributed by atoms with van der Waals surface area (Å²) < 4.78 is 4.07. The Morgan fingerprint density at radius 3 is 2.56 bits per heavy atom. The van der Waals surface area contributed by atoms with Crippen molar-refractivity contribution in [3.8, 4) is 5.69 Å². The van der Waals surface area contributed by atoms with E-state index in [1.165, 1.54) is 19.8 Å². The van der Waals surface area contributed by atoms with E-state index in [9.17, 15) is 14.4 Å². The molecule has 7 nitrogen and oxygen atoms in total. The summed E-state index contributed by atoms with van der Waals surface area (Å²) in [6.45, 7) is 3.99. The molecule has 0 saturated carbocycles. The fraction of sp³-hybridized carbons (Fsp3) is 0.292. The molecule has 3 aromatic rings. The van der Waals surface area contributed by atoms with Gasteiger partial charge in [-0.3, -0.25) is 18.7 Å². The SMILES string of the molecule is CCc1ccccc1-n1c(=O)n(CC)c(=O)c2c(NC3=CCC(Br)C=C3)cc(=O)n(C)c21. The summed E-state index contributed by atoms with van der Waals surface area (Å²) in [6.07, 6.45) is 7.40. The van der Waals surface area contributed by atoms with Crippen LogP contribution in [0.1, 0.15) is 25.8 Å². The molecule has 1 aliphatic carbocycles. The number of nitrogens with one attached hydrogen (secondary N) is 1. The van der Waals surface area contributed by atoms with E-state index < -0.39 is 11.2 Å². The summed E-state index contributed by atoms with van der Waals surface area (Å²) in [5.41, 5.74) is 1.88. The van der Waals surface area contributed by atoms with Crippen molar-refractivity contribution < 1.29 is 0 Å². The Morgan fingerprint density at radius 2 is 1.91 bits per heavy atom. The predicted octanol–water partition coefficient (Wildman–Crippen LogP) is 3.45. The first-order valence-electron chi connectivity index (χ1n) is 10.6. The van der Waals surface area contributed by atoms with Gasteiger partial charge in [-0.2, -0.15) is 0 Å². The summed E-state index contributed by atoms with van der Waals surface area (Å²) >= 11 is 3.55. The van der Waals surface area contributed by atoms with Crippen LogP contribution in [0.15, 0.2) is 68.6 Å². The van der Waals surface area contributed by atoms with Gasteiger partial charge in [-0.25, -0.2) is 9.36 Å². The van der Waals surface area contributed by atoms with Crippen molar-refractivity contribution in [1.29, 1.82) is 0 Å². The predicted molar refractivity (Wildman–Crippen MR) is 132 cm³/mol. The number of alkyl halides is 1. The lowest BCUT2D eigenvalue weighted by atomic mass is 10.1. The lowest BCUT2D eigenvalue weighted by Gasteiger charge is -2.20. The number of anilines is 1. The number of hydrogen-bond acceptors (Lipinski definition) is 4. The summed E-state index contributed by atoms with van der Waals surface area (Å²) in [6, 6.07) is 8.97. The Morgan fingerprint density at radius 1 is 1.16 bits per heavy atom. The topological polar surface area (TPSA) is 78.0 Å². The van der Waals surface area contributed by atoms with Crippen molar-refractivity contribution in [3.05, 3.63) is 91.0 Å². The van der Waals surface area contributed by atoms with Gasteiger partial charge in [-0.1, -0.05) is 53.2 Å². The van der Waals surface area contributed by atoms with Crippen molar-refractivity contribution in [2.24, 2.45) is 7.05 Å². The zero-order valence-electron chi connectivity index (χ0n) is 18.3. The van der Waals surface area contributed by atoms with Crippen LogP contribution in [0.3, 0.4) is 0 Å². The van der Waals surface area contributed by atoms with Crippen LogP contribution in [0.25, 0.3) is 16.7 Å². The molecule has 1 aliphatic rings. The monoisotopic (exact) mass is 496 g/mol. The molecule has 1 atom stereocenters. The molecule has 8 heteroatoms. The van der Waals surface area contributed by atoms with Crippen LogP contribution in [0.5, 0.6) is 0 Å². The zero-order chi connectivity index (χ0) is 23.0. The first-order chi connectivity index (χ1) is 15.4. The maximum Gasteiger partial charge on any atom is 0.337 e. The third kappa shape index (κ3) is 3.68. The van der Waals surface area contributed by atoms with Crippen LogP contribution < -0.4 is 22.1 Å². The Hall–Kier alpha value is -3.13. The molecule has 0 fully saturated rings. The minimum Gasteiger partial charge on any atom is -0.355 e. The molecule has 0 spiro atoms. The molecular weight excluding hydrogens is 472 g/mol. The molecule has 166 valence electrons. The first kappa shape index (κ1) is 22.1. The number of pyridine rings is 1. The lowest BCUT2D eigenvalue weighted by molar-refractivity contribution is 0.651. The van der Waals surface area contributed by atoms with Gasteiger partial charge in [0.2, 0.25) is 0 Å². The molecule has 1 unspecified atom stereocenters. The van der Waals surface area contributed by atoms with Crippen molar-refractivity contribution in [3.63, 3.8) is 0 Å². The largest absolute Gasteiger partial charge is 0.355 e. The molecule has 2 aromatic heterocycles. The number of para-hydroxylation sites is 1. The van der Waals surface area contributed by atoms with E-state index in [2.05, 4.69) is 21.2 Å². The highest BCUT2D eigenvalue weighted by Gasteiger charge is 2.21. The number of halogens is 1. The minimum absolute atomic E-state index is 0.220. The maximum absolute atomic E-state index is 13.5. The van der Waals surface area contributed by atoms with E-state index in [1.807, 2.05) is 49.4 Å². The maximum atomic E-state index is 13.5. The van der Waals surface area contributed by atoms with E-state index >= 15 is 0 Å². The molecule has 0 bridgehead atoms. The van der Waals surface area contributed by atoms with Crippen LogP contribution in [-0.2, 0) is 20.0 Å². The highest BCUT2D eigenvalue weighted by Crippen LogP contribution is 2.24. The van der Waals surface area contributed by atoms with Gasteiger partial charge in [0.25, 0.3) is 11.1 Å². The van der Waals surface area contributed by atoms with E-state index in [-0.39, 0.29) is 22.6 Å². The highest BCUT2D eigenvalue weighted by molar-refractivity contribution is 9.09. The number of allylic oxidation sites excluding steroid dienone is 3. The second-order valence-corrected chi connectivity index (χ2v) is 8.87. The average molecular weight is 497 g/mol. The standard InChI is InChI=1S/C24H25BrN4O3/c1-4-15-8-6-7-9-19(15)29-22-21(23(31)28(5-2)24(29)32)18(14-20(30)27(22)3)26-17-12-10-16(25)11-13-17/h6-10,12-14,16,26H,4-5,11H2,1-3H3. The highest BCUT2D eigenvalue weighted by atomic mass is 79.9. The van der Waals surface area contributed by atoms with Crippen LogP contribution in [0.2, 0.25) is 0 Å². The minimum atomic E-state index is -0.461. The number of fused-ring (bicyclic) bond motifs is 1. The molecule has 4 rings (SSSR count). The van der Waals surface area contributed by atoms with Crippen LogP contribution in [0, 0.1) is 0 Å². The summed E-state index contributed by atoms with van der Waals surface area (Å²) in [5.74, 6) is 0. The normalized spacial score (nSPS) is 15.8. The van der Waals surface area contributed by atoms with Gasteiger partial charge in [0.15, 0.2) is 0 Å². The number of benzene rings is 1. The molecule has 32 heavy (non-hydrogen) atoms. The van der Waals surface area contributed by atoms with Gasteiger partial charge in [0, 0.05) is 30.2 Å². The lowest BCUT2D eigenvalue weighted by Crippen LogP contribution is -2.41. The Kier molecular flexibility index (Phi) is 6.06. The molecule has 0 aliphatic heterocycles. The van der Waals surface area contributed by atoms with Crippen molar-refractivity contribution >= 4 is 32.7 Å². The summed E-state index contributed by atoms with van der Waals surface area (Å²) in [5, 5.41) is 3.54. The second-order valence-electron chi connectivity index (χ2n) is 7.70. The number of aromatic nitrogens is 3. The van der Waals surface area contributed by atoms with Gasteiger partial charge in [0.05, 0.1) is 11.4 Å². The van der Waals surface area contributed by atoms with Crippen LogP contribution in [0.4, 0.5) is 5.69 Å². The number of aryl methyl sites for hydroxylation is 2. The van der Waals surface area contributed by atoms with E-state index in [4.69, 9.17) is 0 Å². The number of nitrogens with zero attached hydrogens (tertiary/aromatic N) is 3. The van der Waals surface area contributed by atoms with Gasteiger partial charge in [-0.15, -0.1) is 0 Å². The number of rotatable bonds is 5. The Bertz CT molecular complexity index is 1440. The van der Waals surface area contributed by atoms with Gasteiger partial charge in [-0.05, 0) is 37.5 Å². The average Bonchev–Trinajstić information content (AvgIpc) is 2.79. The van der Waals surface area contributed by atoms with Crippen LogP contribution >= 0.6 is 15.9 Å². The van der Waals surface area contributed by atoms with Gasteiger partial charge < -0.3 is 5.32 Å². The Labute approximate surface area is 193 Å². The molecule has 0 saturated heterocycles. The van der Waals surface area contributed by atoms with Gasteiger partial charge in [0.1, 0.15) is 11.0 Å². The molecule has 1 N–H and O–H groups in total. The fourth-order valence-electron chi connectivity index (χ4n) is 4.06. The summed E-state index contributed by atoms with van der Waals surface area (Å²) in [4.78, 5) is 40.1. The molecule has 0 radical (unpaired) electrons. The van der Waals surface area contributed by atoms with Crippen molar-refractivity contribution in [1.82, 2.24) is 13.7 Å². The quantitative estimate of drug-likeness (QED) is 0.548. The number of hydrogen-bond donors (Lipinski definition) is 1. The second kappa shape index (κ2) is 8.78. The first-order valence-corrected chi connectivity index (χ1v) is 11.6. The Balaban J connectivity index is 2.13. The summed E-state index contributed by atoms with van der Waals surface area (Å²) in [7, 11) is 1.59. The third-order valence-electron chi connectivity index (χ3n) is 5.76. The molecular formula is C24H25BrN4O3. The molecule has 1 aromatic carbocycles. The molecule has 0 amide bonds. The molecule has 2 heterocycles. The smallest absolute Gasteiger partial charge is 0.337 e. The van der Waals surface area contributed by atoms with E-state index in [0.717, 1.165) is 17.7 Å².